The lowest BCUT2D eigenvalue weighted by atomic mass is 10.1. The van der Waals surface area contributed by atoms with E-state index in [9.17, 15) is 32.5 Å². The van der Waals surface area contributed by atoms with Gasteiger partial charge >= 0.3 is 6.18 Å². The van der Waals surface area contributed by atoms with Crippen molar-refractivity contribution in [2.45, 2.75) is 6.18 Å². The van der Waals surface area contributed by atoms with Crippen molar-refractivity contribution >= 4 is 17.3 Å². The maximum atomic E-state index is 13.4. The minimum absolute atomic E-state index is 0.435. The molecule has 2 rings (SSSR count). The van der Waals surface area contributed by atoms with Crippen LogP contribution in [0.2, 0.25) is 0 Å². The Morgan fingerprint density at radius 3 is 2.35 bits per heavy atom. The molecular weight excluding hydrogens is 320 g/mol. The van der Waals surface area contributed by atoms with Crippen LogP contribution in [-0.4, -0.2) is 10.8 Å². The molecule has 2 aromatic carbocycles. The molecule has 23 heavy (non-hydrogen) atoms. The van der Waals surface area contributed by atoms with Crippen molar-refractivity contribution in [1.82, 2.24) is 0 Å². The molecule has 9 heteroatoms. The second-order valence-electron chi connectivity index (χ2n) is 4.39. The van der Waals surface area contributed by atoms with E-state index in [-0.39, 0.29) is 0 Å². The Morgan fingerprint density at radius 1 is 1.09 bits per heavy atom. The Kier molecular flexibility index (Phi) is 4.30. The van der Waals surface area contributed by atoms with Crippen LogP contribution in [0.3, 0.4) is 0 Å². The third kappa shape index (κ3) is 3.44. The first-order valence-electron chi connectivity index (χ1n) is 6.12. The standard InChI is InChI=1S/C14H8F4N2O3/c15-9-5-3-6-10(12(9)14(16,17)18)19-13(21)8-4-1-2-7-11(8)20(22)23/h1-7H,(H,19,21). The van der Waals surface area contributed by atoms with Crippen molar-refractivity contribution in [1.29, 1.82) is 0 Å². The number of benzene rings is 2. The number of hydrogen-bond donors (Lipinski definition) is 1. The maximum Gasteiger partial charge on any atom is 0.421 e. The largest absolute Gasteiger partial charge is 0.421 e. The molecule has 0 unspecified atom stereocenters. The van der Waals surface area contributed by atoms with Crippen molar-refractivity contribution in [3.63, 3.8) is 0 Å². The third-order valence-corrected chi connectivity index (χ3v) is 2.89. The summed E-state index contributed by atoms with van der Waals surface area (Å²) in [5.41, 5.74) is -3.47. The molecule has 0 saturated heterocycles. The molecule has 0 aliphatic carbocycles. The summed E-state index contributed by atoms with van der Waals surface area (Å²) in [5.74, 6) is -2.70. The Bertz CT molecular complexity index is 775. The number of amides is 1. The molecule has 2 aromatic rings. The summed E-state index contributed by atoms with van der Waals surface area (Å²) in [5, 5.41) is 12.7. The molecule has 5 nitrogen and oxygen atoms in total. The van der Waals surface area contributed by atoms with E-state index >= 15 is 0 Å². The molecule has 0 saturated carbocycles. The van der Waals surface area contributed by atoms with Gasteiger partial charge in [-0.3, -0.25) is 14.9 Å². The van der Waals surface area contributed by atoms with Gasteiger partial charge in [0.05, 0.1) is 10.6 Å². The summed E-state index contributed by atoms with van der Waals surface area (Å²) in [6.07, 6.45) is -5.03. The number of para-hydroxylation sites is 1. The van der Waals surface area contributed by atoms with Crippen LogP contribution in [0, 0.1) is 15.9 Å². The molecule has 0 heterocycles. The summed E-state index contributed by atoms with van der Waals surface area (Å²) >= 11 is 0. The van der Waals surface area contributed by atoms with Gasteiger partial charge in [0.2, 0.25) is 0 Å². The van der Waals surface area contributed by atoms with Crippen LogP contribution >= 0.6 is 0 Å². The Hall–Kier alpha value is -2.97. The van der Waals surface area contributed by atoms with Crippen LogP contribution in [0.1, 0.15) is 15.9 Å². The number of anilines is 1. The zero-order valence-corrected chi connectivity index (χ0v) is 11.2. The fraction of sp³-hybridized carbons (Fsp3) is 0.0714. The SMILES string of the molecule is O=C(Nc1cccc(F)c1C(F)(F)F)c1ccccc1[N+](=O)[O-]. The predicted molar refractivity (Wildman–Crippen MR) is 72.5 cm³/mol. The first-order chi connectivity index (χ1) is 10.7. The number of rotatable bonds is 3. The lowest BCUT2D eigenvalue weighted by Gasteiger charge is -2.14. The van der Waals surface area contributed by atoms with E-state index in [1.807, 2.05) is 5.32 Å². The minimum atomic E-state index is -5.03. The zero-order valence-electron chi connectivity index (χ0n) is 11.2. The van der Waals surface area contributed by atoms with Gasteiger partial charge in [0, 0.05) is 6.07 Å². The van der Waals surface area contributed by atoms with Crippen LogP contribution in [0.25, 0.3) is 0 Å². The van der Waals surface area contributed by atoms with Gasteiger partial charge in [0.1, 0.15) is 16.9 Å². The Morgan fingerprint density at radius 2 is 1.74 bits per heavy atom. The van der Waals surface area contributed by atoms with Crippen molar-refractivity contribution in [2.75, 3.05) is 5.32 Å². The number of halogens is 4. The number of carbonyl (C=O) groups excluding carboxylic acids is 1. The van der Waals surface area contributed by atoms with Crippen molar-refractivity contribution in [3.8, 4) is 0 Å². The number of hydrogen-bond acceptors (Lipinski definition) is 3. The van der Waals surface area contributed by atoms with Crippen LogP contribution in [0.15, 0.2) is 42.5 Å². The maximum absolute atomic E-state index is 13.4. The number of nitrogens with zero attached hydrogens (tertiary/aromatic N) is 1. The van der Waals surface area contributed by atoms with Crippen molar-refractivity contribution < 1.29 is 27.3 Å². The number of nitrogens with one attached hydrogen (secondary N) is 1. The van der Waals surface area contributed by atoms with E-state index in [1.165, 1.54) is 12.1 Å². The van der Waals surface area contributed by atoms with E-state index in [0.29, 0.717) is 6.07 Å². The highest BCUT2D eigenvalue weighted by atomic mass is 19.4. The van der Waals surface area contributed by atoms with E-state index in [1.54, 1.807) is 0 Å². The van der Waals surface area contributed by atoms with E-state index in [0.717, 1.165) is 24.3 Å². The normalized spacial score (nSPS) is 11.1. The second kappa shape index (κ2) is 6.03. The van der Waals surface area contributed by atoms with Gasteiger partial charge in [-0.15, -0.1) is 0 Å². The smallest absolute Gasteiger partial charge is 0.321 e. The van der Waals surface area contributed by atoms with Crippen LogP contribution in [0.5, 0.6) is 0 Å². The zero-order chi connectivity index (χ0) is 17.2. The number of carbonyl (C=O) groups is 1. The summed E-state index contributed by atoms with van der Waals surface area (Å²) < 4.78 is 52.0. The molecule has 0 aliphatic heterocycles. The van der Waals surface area contributed by atoms with Crippen LogP contribution < -0.4 is 5.32 Å². The summed E-state index contributed by atoms with van der Waals surface area (Å²) in [6.45, 7) is 0. The molecule has 120 valence electrons. The highest BCUT2D eigenvalue weighted by molar-refractivity contribution is 6.07. The van der Waals surface area contributed by atoms with E-state index in [4.69, 9.17) is 0 Å². The first kappa shape index (κ1) is 16.4. The molecule has 0 bridgehead atoms. The van der Waals surface area contributed by atoms with Gasteiger partial charge in [-0.25, -0.2) is 4.39 Å². The predicted octanol–water partition coefficient (Wildman–Crippen LogP) is 4.01. The van der Waals surface area contributed by atoms with E-state index < -0.39 is 45.3 Å². The lowest BCUT2D eigenvalue weighted by Crippen LogP contribution is -2.18. The molecule has 1 N–H and O–H groups in total. The Balaban J connectivity index is 2.43. The van der Waals surface area contributed by atoms with Gasteiger partial charge in [0.25, 0.3) is 11.6 Å². The summed E-state index contributed by atoms with van der Waals surface area (Å²) in [4.78, 5) is 22.0. The number of alkyl halides is 3. The number of nitro benzene ring substituents is 1. The average Bonchev–Trinajstić information content (AvgIpc) is 2.45. The minimum Gasteiger partial charge on any atom is -0.321 e. The highest BCUT2D eigenvalue weighted by Gasteiger charge is 2.37. The average molecular weight is 328 g/mol. The molecule has 0 radical (unpaired) electrons. The van der Waals surface area contributed by atoms with Gasteiger partial charge < -0.3 is 5.32 Å². The molecule has 0 aliphatic rings. The molecule has 0 aromatic heterocycles. The number of nitro groups is 1. The van der Waals surface area contributed by atoms with Crippen LogP contribution in [-0.2, 0) is 6.18 Å². The second-order valence-corrected chi connectivity index (χ2v) is 4.39. The monoisotopic (exact) mass is 328 g/mol. The van der Waals surface area contributed by atoms with Crippen molar-refractivity contribution in [3.05, 3.63) is 69.5 Å². The third-order valence-electron chi connectivity index (χ3n) is 2.89. The first-order valence-corrected chi connectivity index (χ1v) is 6.12. The molecule has 0 atom stereocenters. The molecule has 1 amide bonds. The van der Waals surface area contributed by atoms with Crippen LogP contribution in [0.4, 0.5) is 28.9 Å². The summed E-state index contributed by atoms with van der Waals surface area (Å²) in [7, 11) is 0. The van der Waals surface area contributed by atoms with Crippen molar-refractivity contribution in [2.24, 2.45) is 0 Å². The molecule has 0 fully saturated rings. The highest BCUT2D eigenvalue weighted by Crippen LogP contribution is 2.37. The Labute approximate surface area is 126 Å². The van der Waals surface area contributed by atoms with Gasteiger partial charge in [-0.1, -0.05) is 18.2 Å². The topological polar surface area (TPSA) is 72.2 Å². The lowest BCUT2D eigenvalue weighted by molar-refractivity contribution is -0.385. The van der Waals surface area contributed by atoms with Gasteiger partial charge in [-0.2, -0.15) is 13.2 Å². The van der Waals surface area contributed by atoms with E-state index in [2.05, 4.69) is 0 Å². The molecule has 0 spiro atoms. The van der Waals surface area contributed by atoms with Gasteiger partial charge in [-0.05, 0) is 18.2 Å². The van der Waals surface area contributed by atoms with Gasteiger partial charge in [0.15, 0.2) is 0 Å². The summed E-state index contributed by atoms with van der Waals surface area (Å²) in [6, 6.07) is 7.18. The molecular formula is C14H8F4N2O3. The fourth-order valence-electron chi connectivity index (χ4n) is 1.93. The fourth-order valence-corrected chi connectivity index (χ4v) is 1.93. The quantitative estimate of drug-likeness (QED) is 0.526.